The second-order valence-corrected chi connectivity index (χ2v) is 7.29. The van der Waals surface area contributed by atoms with Crippen molar-refractivity contribution in [1.29, 1.82) is 0 Å². The van der Waals surface area contributed by atoms with Crippen LogP contribution in [0.25, 0.3) is 5.70 Å². The third-order valence-electron chi connectivity index (χ3n) is 3.66. The Bertz CT molecular complexity index is 466. The summed E-state index contributed by atoms with van der Waals surface area (Å²) in [5.74, 6) is 0. The highest BCUT2D eigenvalue weighted by Crippen LogP contribution is 2.52. The number of nitrogens with zero attached hydrogens (tertiary/aromatic N) is 1. The normalized spacial score (nSPS) is 22.7. The summed E-state index contributed by atoms with van der Waals surface area (Å²) in [5.41, 5.74) is 4.42. The molecule has 0 fully saturated rings. The average molecular weight is 246 g/mol. The molecule has 2 heterocycles. The number of aromatic amines is 1. The Kier molecular flexibility index (Phi) is 2.88. The number of hydrogen-bond donors (Lipinski definition) is 1. The first-order chi connectivity index (χ1) is 8.18. The predicted octanol–water partition coefficient (Wildman–Crippen LogP) is 4.58. The summed E-state index contributed by atoms with van der Waals surface area (Å²) in [6, 6.07) is 2.61. The molecule has 100 valence electrons. The molecule has 1 aromatic heterocycles. The molecule has 0 aliphatic carbocycles. The van der Waals surface area contributed by atoms with E-state index in [1.807, 2.05) is 0 Å². The molecular weight excluding hydrogens is 220 g/mol. The van der Waals surface area contributed by atoms with Gasteiger partial charge in [0.05, 0.1) is 6.04 Å². The molecule has 1 aliphatic heterocycles. The highest BCUT2D eigenvalue weighted by molar-refractivity contribution is 5.72. The Hall–Kier alpha value is -1.18. The summed E-state index contributed by atoms with van der Waals surface area (Å²) >= 11 is 0. The smallest absolute Gasteiger partial charge is 0.0752 e. The summed E-state index contributed by atoms with van der Waals surface area (Å²) in [6.07, 6.45) is 4.30. The number of nitrogens with one attached hydrogen (secondary N) is 1. The van der Waals surface area contributed by atoms with Crippen molar-refractivity contribution >= 4 is 5.70 Å². The van der Waals surface area contributed by atoms with Crippen molar-refractivity contribution in [3.8, 4) is 0 Å². The third kappa shape index (κ3) is 1.88. The van der Waals surface area contributed by atoms with E-state index in [0.717, 1.165) is 0 Å². The average Bonchev–Trinajstić information content (AvgIpc) is 2.70. The highest BCUT2D eigenvalue weighted by atomic mass is 15.3. The minimum absolute atomic E-state index is 0.125. The van der Waals surface area contributed by atoms with E-state index >= 15 is 0 Å². The third-order valence-corrected chi connectivity index (χ3v) is 3.66. The van der Waals surface area contributed by atoms with Crippen molar-refractivity contribution in [1.82, 2.24) is 9.88 Å². The molecule has 0 radical (unpaired) electrons. The van der Waals surface area contributed by atoms with Crippen LogP contribution < -0.4 is 0 Å². The van der Waals surface area contributed by atoms with Gasteiger partial charge in [-0.1, -0.05) is 26.8 Å². The van der Waals surface area contributed by atoms with E-state index in [9.17, 15) is 0 Å². The second kappa shape index (κ2) is 3.91. The lowest BCUT2D eigenvalue weighted by molar-refractivity contribution is 0.0884. The van der Waals surface area contributed by atoms with Crippen LogP contribution in [0, 0.1) is 5.41 Å². The monoisotopic (exact) mass is 246 g/mol. The van der Waals surface area contributed by atoms with Crippen LogP contribution in [0.3, 0.4) is 0 Å². The van der Waals surface area contributed by atoms with Crippen molar-refractivity contribution in [2.24, 2.45) is 5.41 Å². The van der Waals surface area contributed by atoms with Crippen molar-refractivity contribution in [2.45, 2.75) is 60.0 Å². The standard InChI is InChI=1S/C16H26N2/c1-8-12-11-9-10-17-13(11)14(15(2,3)4)18(12)16(5,6)7/h8-10,14,17H,1-7H3/b12-8+. The number of rotatable bonds is 0. The van der Waals surface area contributed by atoms with Gasteiger partial charge in [0.25, 0.3) is 0 Å². The molecule has 0 saturated carbocycles. The molecule has 0 aromatic carbocycles. The van der Waals surface area contributed by atoms with Crippen LogP contribution in [0.2, 0.25) is 0 Å². The predicted molar refractivity (Wildman–Crippen MR) is 78.2 cm³/mol. The molecule has 2 heteroatoms. The minimum Gasteiger partial charge on any atom is -0.363 e. The number of H-pyrrole nitrogens is 1. The molecular formula is C16H26N2. The molecule has 2 rings (SSSR count). The molecule has 2 nitrogen and oxygen atoms in total. The van der Waals surface area contributed by atoms with Gasteiger partial charge < -0.3 is 9.88 Å². The minimum atomic E-state index is 0.125. The first-order valence-electron chi connectivity index (χ1n) is 6.81. The van der Waals surface area contributed by atoms with Crippen LogP contribution in [-0.2, 0) is 0 Å². The van der Waals surface area contributed by atoms with Crippen LogP contribution in [0.1, 0.15) is 65.8 Å². The Morgan fingerprint density at radius 3 is 2.22 bits per heavy atom. The fourth-order valence-corrected chi connectivity index (χ4v) is 3.09. The van der Waals surface area contributed by atoms with Gasteiger partial charge in [-0.15, -0.1) is 0 Å². The topological polar surface area (TPSA) is 19.0 Å². The van der Waals surface area contributed by atoms with Gasteiger partial charge in [-0.25, -0.2) is 0 Å². The van der Waals surface area contributed by atoms with Gasteiger partial charge in [0.2, 0.25) is 0 Å². The largest absolute Gasteiger partial charge is 0.363 e. The van der Waals surface area contributed by atoms with Crippen LogP contribution in [0.4, 0.5) is 0 Å². The van der Waals surface area contributed by atoms with Crippen LogP contribution in [0.15, 0.2) is 18.3 Å². The van der Waals surface area contributed by atoms with E-state index < -0.39 is 0 Å². The van der Waals surface area contributed by atoms with Crippen LogP contribution in [-0.4, -0.2) is 15.4 Å². The number of hydrogen-bond acceptors (Lipinski definition) is 1. The first kappa shape index (κ1) is 13.3. The number of aromatic nitrogens is 1. The van der Waals surface area contributed by atoms with E-state index in [2.05, 4.69) is 76.7 Å². The lowest BCUT2D eigenvalue weighted by Crippen LogP contribution is -2.43. The van der Waals surface area contributed by atoms with Gasteiger partial charge in [0.15, 0.2) is 0 Å². The first-order valence-corrected chi connectivity index (χ1v) is 6.81. The summed E-state index contributed by atoms with van der Waals surface area (Å²) < 4.78 is 0. The molecule has 0 bridgehead atoms. The van der Waals surface area contributed by atoms with Crippen LogP contribution >= 0.6 is 0 Å². The number of allylic oxidation sites excluding steroid dienone is 1. The zero-order valence-electron chi connectivity index (χ0n) is 12.8. The molecule has 0 amide bonds. The number of fused-ring (bicyclic) bond motifs is 1. The fraction of sp³-hybridized carbons (Fsp3) is 0.625. The van der Waals surface area contributed by atoms with E-state index in [1.165, 1.54) is 17.0 Å². The maximum atomic E-state index is 3.46. The van der Waals surface area contributed by atoms with Gasteiger partial charge in [-0.05, 0) is 39.2 Å². The molecule has 1 N–H and O–H groups in total. The van der Waals surface area contributed by atoms with E-state index in [0.29, 0.717) is 6.04 Å². The zero-order chi connectivity index (χ0) is 13.7. The van der Waals surface area contributed by atoms with Gasteiger partial charge in [0.1, 0.15) is 0 Å². The van der Waals surface area contributed by atoms with Crippen molar-refractivity contribution in [3.63, 3.8) is 0 Å². The lowest BCUT2D eigenvalue weighted by atomic mass is 9.83. The van der Waals surface area contributed by atoms with Crippen molar-refractivity contribution < 1.29 is 0 Å². The maximum Gasteiger partial charge on any atom is 0.0752 e. The van der Waals surface area contributed by atoms with Gasteiger partial charge in [-0.3, -0.25) is 0 Å². The Balaban J connectivity index is 2.62. The molecule has 1 unspecified atom stereocenters. The van der Waals surface area contributed by atoms with Crippen molar-refractivity contribution in [2.75, 3.05) is 0 Å². The Labute approximate surface area is 111 Å². The summed E-state index contributed by atoms with van der Waals surface area (Å²) in [5, 5.41) is 0. The SMILES string of the molecule is C/C=C1\c2cc[nH]c2C(C(C)(C)C)N1C(C)(C)C. The second-order valence-electron chi connectivity index (χ2n) is 7.29. The summed E-state index contributed by atoms with van der Waals surface area (Å²) in [4.78, 5) is 6.02. The summed E-state index contributed by atoms with van der Waals surface area (Å²) in [7, 11) is 0. The maximum absolute atomic E-state index is 3.46. The van der Waals surface area contributed by atoms with Gasteiger partial charge in [-0.2, -0.15) is 0 Å². The van der Waals surface area contributed by atoms with Gasteiger partial charge >= 0.3 is 0 Å². The molecule has 1 aromatic rings. The Morgan fingerprint density at radius 1 is 1.17 bits per heavy atom. The molecule has 0 saturated heterocycles. The molecule has 0 spiro atoms. The summed E-state index contributed by atoms with van der Waals surface area (Å²) in [6.45, 7) is 16.0. The lowest BCUT2D eigenvalue weighted by Gasteiger charge is -2.45. The molecule has 1 atom stereocenters. The van der Waals surface area contributed by atoms with Gasteiger partial charge in [0, 0.05) is 28.7 Å². The quantitative estimate of drug-likeness (QED) is 0.710. The van der Waals surface area contributed by atoms with E-state index in [4.69, 9.17) is 0 Å². The molecule has 1 aliphatic rings. The van der Waals surface area contributed by atoms with E-state index in [1.54, 1.807) is 0 Å². The zero-order valence-corrected chi connectivity index (χ0v) is 12.8. The van der Waals surface area contributed by atoms with Crippen LogP contribution in [0.5, 0.6) is 0 Å². The Morgan fingerprint density at radius 2 is 1.78 bits per heavy atom. The fourth-order valence-electron chi connectivity index (χ4n) is 3.09. The van der Waals surface area contributed by atoms with Crippen molar-refractivity contribution in [3.05, 3.63) is 29.6 Å². The van der Waals surface area contributed by atoms with E-state index in [-0.39, 0.29) is 11.0 Å². The molecule has 18 heavy (non-hydrogen) atoms. The highest BCUT2D eigenvalue weighted by Gasteiger charge is 2.45.